The average Bonchev–Trinajstić information content (AvgIpc) is 2.88. The fourth-order valence-electron chi connectivity index (χ4n) is 5.27. The van der Waals surface area contributed by atoms with Crippen LogP contribution in [0.3, 0.4) is 0 Å². The molecule has 2 rings (SSSR count). The Morgan fingerprint density at radius 3 is 2.20 bits per heavy atom. The van der Waals surface area contributed by atoms with Crippen LogP contribution in [0.15, 0.2) is 58.9 Å². The van der Waals surface area contributed by atoms with Crippen molar-refractivity contribution in [1.82, 2.24) is 5.32 Å². The second-order valence-electron chi connectivity index (χ2n) is 10.4. The number of ether oxygens (including phenoxy) is 4. The van der Waals surface area contributed by atoms with Gasteiger partial charge in [-0.15, -0.1) is 0 Å². The van der Waals surface area contributed by atoms with Crippen LogP contribution in [0.5, 0.6) is 0 Å². The van der Waals surface area contributed by atoms with E-state index < -0.39 is 48.0 Å². The lowest BCUT2D eigenvalue weighted by atomic mass is 9.83. The number of carbonyl (C=O) groups excluding carboxylic acids is 4. The van der Waals surface area contributed by atoms with Gasteiger partial charge < -0.3 is 30.0 Å². The molecule has 1 heterocycles. The van der Waals surface area contributed by atoms with Gasteiger partial charge in [0.1, 0.15) is 6.10 Å². The quantitative estimate of drug-likeness (QED) is 0.395. The Bertz CT molecular complexity index is 1130. The lowest BCUT2D eigenvalue weighted by Gasteiger charge is -2.34. The molecule has 40 heavy (non-hydrogen) atoms. The number of hydrogen-bond donors (Lipinski definition) is 2. The Labute approximate surface area is 236 Å². The molecule has 0 aromatic carbocycles. The van der Waals surface area contributed by atoms with E-state index in [9.17, 15) is 19.2 Å². The highest BCUT2D eigenvalue weighted by molar-refractivity contribution is 6.22. The third kappa shape index (κ3) is 8.33. The largest absolute Gasteiger partial charge is 0.441 e. The van der Waals surface area contributed by atoms with Crippen LogP contribution in [-0.4, -0.2) is 69.3 Å². The highest BCUT2D eigenvalue weighted by Gasteiger charge is 2.36. The fourth-order valence-corrected chi connectivity index (χ4v) is 5.27. The highest BCUT2D eigenvalue weighted by atomic mass is 16.6. The molecule has 0 radical (unpaired) electrons. The maximum atomic E-state index is 13.4. The molecule has 10 heteroatoms. The van der Waals surface area contributed by atoms with Crippen LogP contribution in [0.2, 0.25) is 0 Å². The number of nitrogens with two attached hydrogens (primary N) is 1. The van der Waals surface area contributed by atoms with Crippen LogP contribution in [0.25, 0.3) is 0 Å². The summed E-state index contributed by atoms with van der Waals surface area (Å²) in [6.07, 6.45) is 6.65. The van der Waals surface area contributed by atoms with Crippen molar-refractivity contribution in [3.8, 4) is 0 Å². The molecule has 7 atom stereocenters. The van der Waals surface area contributed by atoms with E-state index >= 15 is 0 Å². The molecule has 0 saturated carbocycles. The molecule has 1 aliphatic heterocycles. The van der Waals surface area contributed by atoms with Gasteiger partial charge in [0, 0.05) is 50.4 Å². The second-order valence-corrected chi connectivity index (χ2v) is 10.4. The van der Waals surface area contributed by atoms with Crippen LogP contribution in [0.1, 0.15) is 41.0 Å². The molecule has 1 aliphatic carbocycles. The first-order chi connectivity index (χ1) is 18.8. The predicted octanol–water partition coefficient (Wildman–Crippen LogP) is 3.33. The van der Waals surface area contributed by atoms with E-state index in [0.717, 1.165) is 11.6 Å². The van der Waals surface area contributed by atoms with E-state index in [1.165, 1.54) is 13.2 Å². The Balaban J connectivity index is 2.62. The summed E-state index contributed by atoms with van der Waals surface area (Å²) >= 11 is 0. The summed E-state index contributed by atoms with van der Waals surface area (Å²) in [5, 5.41) is 2.56. The molecule has 2 aliphatic rings. The minimum absolute atomic E-state index is 0.119. The summed E-state index contributed by atoms with van der Waals surface area (Å²) in [7, 11) is 4.64. The molecular weight excluding hydrogens is 516 g/mol. The van der Waals surface area contributed by atoms with E-state index in [0.29, 0.717) is 12.0 Å². The van der Waals surface area contributed by atoms with Crippen molar-refractivity contribution >= 4 is 23.6 Å². The van der Waals surface area contributed by atoms with Gasteiger partial charge >= 0.3 is 6.09 Å². The number of primary amides is 1. The van der Waals surface area contributed by atoms with Crippen LogP contribution in [0, 0.1) is 17.8 Å². The van der Waals surface area contributed by atoms with Crippen LogP contribution in [0.4, 0.5) is 4.79 Å². The third-order valence-corrected chi connectivity index (χ3v) is 7.29. The summed E-state index contributed by atoms with van der Waals surface area (Å²) in [5.41, 5.74) is 6.49. The molecule has 7 unspecified atom stereocenters. The van der Waals surface area contributed by atoms with Gasteiger partial charge in [-0.05, 0) is 37.8 Å². The Morgan fingerprint density at radius 1 is 0.950 bits per heavy atom. The van der Waals surface area contributed by atoms with E-state index in [-0.39, 0.29) is 29.0 Å². The molecule has 220 valence electrons. The van der Waals surface area contributed by atoms with Crippen molar-refractivity contribution in [3.05, 3.63) is 58.9 Å². The van der Waals surface area contributed by atoms with Gasteiger partial charge in [0.05, 0.1) is 24.0 Å². The molecule has 10 nitrogen and oxygen atoms in total. The zero-order valence-corrected chi connectivity index (χ0v) is 24.6. The van der Waals surface area contributed by atoms with Crippen LogP contribution in [-0.2, 0) is 33.3 Å². The normalized spacial score (nSPS) is 34.4. The van der Waals surface area contributed by atoms with Gasteiger partial charge in [-0.3, -0.25) is 14.4 Å². The number of hydrogen-bond acceptors (Lipinski definition) is 8. The minimum atomic E-state index is -0.902. The van der Waals surface area contributed by atoms with E-state index in [2.05, 4.69) is 5.32 Å². The SMILES string of the molecule is COC1CC(C)C(OC)C2=CC(=O)C=C(NC(=O)/C(C)=C\C=C\C(C)C(OC(N)=O)/C(C)=C/C(C)C1OC)C2=O. The Morgan fingerprint density at radius 2 is 1.62 bits per heavy atom. The summed E-state index contributed by atoms with van der Waals surface area (Å²) in [6, 6.07) is 0. The topological polar surface area (TPSA) is 143 Å². The van der Waals surface area contributed by atoms with Gasteiger partial charge in [-0.25, -0.2) is 4.79 Å². The molecule has 2 bridgehead atoms. The molecule has 0 saturated heterocycles. The third-order valence-electron chi connectivity index (χ3n) is 7.29. The van der Waals surface area contributed by atoms with Crippen LogP contribution >= 0.6 is 0 Å². The molecule has 2 amide bonds. The average molecular weight is 559 g/mol. The van der Waals surface area contributed by atoms with Crippen molar-refractivity contribution in [2.24, 2.45) is 23.5 Å². The minimum Gasteiger partial charge on any atom is -0.441 e. The first-order valence-corrected chi connectivity index (χ1v) is 13.3. The van der Waals surface area contributed by atoms with Crippen molar-refractivity contribution < 1.29 is 38.1 Å². The molecule has 0 aromatic rings. The van der Waals surface area contributed by atoms with Crippen molar-refractivity contribution in [1.29, 1.82) is 0 Å². The molecule has 3 N–H and O–H groups in total. The standard InChI is InChI=1S/C30H42N2O8/c1-16-10-9-11-17(2)29(35)32-23-15-21(33)14-22(25(23)34)27(38-7)20(5)13-24(37-6)28(39-8)19(4)12-18(3)26(16)40-30(31)36/h9-12,14-16,19-20,24,26-28H,13H2,1-8H3,(H2,31,36)(H,32,35)/b10-9+,17-11-,18-12+. The smallest absolute Gasteiger partial charge is 0.405 e. The van der Waals surface area contributed by atoms with Gasteiger partial charge in [-0.1, -0.05) is 45.1 Å². The summed E-state index contributed by atoms with van der Waals surface area (Å²) in [4.78, 5) is 50.5. The van der Waals surface area contributed by atoms with Crippen molar-refractivity contribution in [2.75, 3.05) is 21.3 Å². The lowest BCUT2D eigenvalue weighted by Crippen LogP contribution is -2.40. The number of ketones is 2. The van der Waals surface area contributed by atoms with Gasteiger partial charge in [0.2, 0.25) is 5.78 Å². The molecule has 0 spiro atoms. The Kier molecular flexibility index (Phi) is 12.2. The van der Waals surface area contributed by atoms with Gasteiger partial charge in [0.25, 0.3) is 5.91 Å². The number of nitrogens with one attached hydrogen (secondary N) is 1. The number of amides is 2. The second kappa shape index (κ2) is 14.9. The van der Waals surface area contributed by atoms with E-state index in [1.807, 2.05) is 33.8 Å². The van der Waals surface area contributed by atoms with Crippen LogP contribution < -0.4 is 11.1 Å². The lowest BCUT2D eigenvalue weighted by molar-refractivity contribution is -0.120. The van der Waals surface area contributed by atoms with Crippen molar-refractivity contribution in [3.63, 3.8) is 0 Å². The fraction of sp³-hybridized carbons (Fsp3) is 0.533. The first kappa shape index (κ1) is 32.9. The monoisotopic (exact) mass is 558 g/mol. The first-order valence-electron chi connectivity index (χ1n) is 13.3. The number of methoxy groups -OCH3 is 3. The number of carbonyl (C=O) groups is 4. The van der Waals surface area contributed by atoms with Gasteiger partial charge in [0.15, 0.2) is 5.78 Å². The van der Waals surface area contributed by atoms with Crippen molar-refractivity contribution in [2.45, 2.75) is 65.5 Å². The number of Topliss-reactive ketones (excluding diaryl/α,β-unsaturated/α-hetero) is 1. The Hall–Kier alpha value is -3.34. The molecular formula is C30H42N2O8. The van der Waals surface area contributed by atoms with Gasteiger partial charge in [-0.2, -0.15) is 0 Å². The number of allylic oxidation sites excluding steroid dienone is 5. The molecule has 0 aromatic heterocycles. The summed E-state index contributed by atoms with van der Waals surface area (Å²) < 4.78 is 22.9. The highest BCUT2D eigenvalue weighted by Crippen LogP contribution is 2.30. The maximum Gasteiger partial charge on any atom is 0.405 e. The summed E-state index contributed by atoms with van der Waals surface area (Å²) in [5.74, 6) is -2.19. The van der Waals surface area contributed by atoms with E-state index in [1.54, 1.807) is 39.4 Å². The number of rotatable bonds is 4. The maximum absolute atomic E-state index is 13.4. The zero-order chi connectivity index (χ0) is 30.1. The predicted molar refractivity (Wildman–Crippen MR) is 150 cm³/mol. The zero-order valence-electron chi connectivity index (χ0n) is 24.6. The molecule has 0 fully saturated rings. The van der Waals surface area contributed by atoms with E-state index in [4.69, 9.17) is 24.7 Å². The summed E-state index contributed by atoms with van der Waals surface area (Å²) in [6.45, 7) is 9.17. The number of fused-ring (bicyclic) bond motifs is 2.